The number of pyridine rings is 1. The van der Waals surface area contributed by atoms with E-state index in [1.165, 1.54) is 0 Å². The highest BCUT2D eigenvalue weighted by Crippen LogP contribution is 2.35. The van der Waals surface area contributed by atoms with E-state index in [4.69, 9.17) is 4.74 Å². The number of nitrogens with one attached hydrogen (secondary N) is 1. The Morgan fingerprint density at radius 2 is 2.14 bits per heavy atom. The largest absolute Gasteiger partial charge is 0.445 e. The van der Waals surface area contributed by atoms with Crippen LogP contribution in [0.1, 0.15) is 19.3 Å². The summed E-state index contributed by atoms with van der Waals surface area (Å²) in [4.78, 5) is 17.4. The molecule has 2 fully saturated rings. The molecule has 1 N–H and O–H groups in total. The molecule has 2 atom stereocenters. The molecule has 2 unspecified atom stereocenters. The summed E-state index contributed by atoms with van der Waals surface area (Å²) in [7, 11) is 0. The van der Waals surface area contributed by atoms with Crippen molar-refractivity contribution in [3.05, 3.63) is 61.0 Å². The molecule has 1 aromatic rings. The number of allylic oxidation sites excluding steroid dienone is 2. The molecule has 1 aliphatic heterocycles. The van der Waals surface area contributed by atoms with Crippen LogP contribution in [0, 0.1) is 5.92 Å². The van der Waals surface area contributed by atoms with Crippen LogP contribution in [0.5, 0.6) is 0 Å². The lowest BCUT2D eigenvalue weighted by Crippen LogP contribution is -2.52. The van der Waals surface area contributed by atoms with E-state index in [-0.39, 0.29) is 25.6 Å². The Bertz CT molecular complexity index is 764. The van der Waals surface area contributed by atoms with Crippen LogP contribution in [0.4, 0.5) is 19.3 Å². The van der Waals surface area contributed by atoms with Gasteiger partial charge < -0.3 is 15.0 Å². The monoisotopic (exact) mass is 389 g/mol. The molecule has 0 bridgehead atoms. The second-order valence-corrected chi connectivity index (χ2v) is 7.23. The molecular weight excluding hydrogens is 364 g/mol. The van der Waals surface area contributed by atoms with E-state index in [0.29, 0.717) is 12.8 Å². The molecule has 2 heterocycles. The molecule has 5 nitrogen and oxygen atoms in total. The topological polar surface area (TPSA) is 54.5 Å². The lowest BCUT2D eigenvalue weighted by atomic mass is 9.93. The number of halogens is 2. The average Bonchev–Trinajstić information content (AvgIpc) is 3.00. The minimum atomic E-state index is -2.98. The van der Waals surface area contributed by atoms with E-state index in [1.807, 2.05) is 6.08 Å². The highest BCUT2D eigenvalue weighted by Gasteiger charge is 2.46. The van der Waals surface area contributed by atoms with Crippen molar-refractivity contribution in [1.82, 2.24) is 9.88 Å². The van der Waals surface area contributed by atoms with Crippen molar-refractivity contribution in [2.75, 3.05) is 25.0 Å². The summed E-state index contributed by atoms with van der Waals surface area (Å²) in [5, 5.41) is 3.02. The van der Waals surface area contributed by atoms with Gasteiger partial charge in [-0.05, 0) is 29.7 Å². The Morgan fingerprint density at radius 1 is 1.39 bits per heavy atom. The summed E-state index contributed by atoms with van der Waals surface area (Å²) in [6.45, 7) is 7.36. The predicted octanol–water partition coefficient (Wildman–Crippen LogP) is 4.42. The molecule has 28 heavy (non-hydrogen) atoms. The van der Waals surface area contributed by atoms with Crippen LogP contribution in [0.15, 0.2) is 61.0 Å². The minimum Gasteiger partial charge on any atom is -0.445 e. The molecule has 1 amide bonds. The summed E-state index contributed by atoms with van der Waals surface area (Å²) in [5.41, 5.74) is 2.63. The first-order valence-corrected chi connectivity index (χ1v) is 9.36. The first-order valence-electron chi connectivity index (χ1n) is 9.36. The van der Waals surface area contributed by atoms with Gasteiger partial charge in [0.15, 0.2) is 0 Å². The molecule has 0 aromatic carbocycles. The Kier molecular flexibility index (Phi) is 6.11. The van der Waals surface area contributed by atoms with Crippen LogP contribution < -0.4 is 5.32 Å². The van der Waals surface area contributed by atoms with Gasteiger partial charge in [0.1, 0.15) is 6.10 Å². The summed E-state index contributed by atoms with van der Waals surface area (Å²) >= 11 is 0. The second-order valence-electron chi connectivity index (χ2n) is 7.23. The number of hydrogen-bond acceptors (Lipinski definition) is 4. The molecular formula is C21H25F2N3O2. The quantitative estimate of drug-likeness (QED) is 0.810. The standard InChI is InChI=1S/C21H25F2N3O2/c1-3-4-16-12-19(11-15(16)2)28-20(27)26-10-7-17(21(22,23)14-26)13-25-18-5-8-24-9-6-18/h3-6,8-9,17,19H,1-2,7,10-14H2,(H,24,25)/b16-4-. The van der Waals surface area contributed by atoms with Crippen molar-refractivity contribution in [3.8, 4) is 0 Å². The molecule has 1 aromatic heterocycles. The third-order valence-corrected chi connectivity index (χ3v) is 5.20. The minimum absolute atomic E-state index is 0.137. The fraction of sp³-hybridized carbons (Fsp3) is 0.429. The first kappa shape index (κ1) is 20.0. The number of carbonyl (C=O) groups excluding carboxylic acids is 1. The summed E-state index contributed by atoms with van der Waals surface area (Å²) < 4.78 is 34.6. The zero-order chi connectivity index (χ0) is 20.1. The number of carbonyl (C=O) groups is 1. The lowest BCUT2D eigenvalue weighted by Gasteiger charge is -2.38. The molecule has 0 spiro atoms. The molecule has 2 aliphatic rings. The molecule has 1 saturated heterocycles. The SMILES string of the molecule is C=C/C=C1/CC(OC(=O)N2CCC(CNc3ccncc3)C(F)(F)C2)CC1=C. The Labute approximate surface area is 163 Å². The highest BCUT2D eigenvalue weighted by molar-refractivity contribution is 5.68. The number of aromatic nitrogens is 1. The van der Waals surface area contributed by atoms with Crippen LogP contribution >= 0.6 is 0 Å². The molecule has 1 aliphatic carbocycles. The third-order valence-electron chi connectivity index (χ3n) is 5.20. The maximum atomic E-state index is 14.6. The van der Waals surface area contributed by atoms with Gasteiger partial charge in [-0.25, -0.2) is 13.6 Å². The zero-order valence-corrected chi connectivity index (χ0v) is 15.7. The Balaban J connectivity index is 1.52. The van der Waals surface area contributed by atoms with Crippen molar-refractivity contribution < 1.29 is 18.3 Å². The van der Waals surface area contributed by atoms with Crippen LogP contribution in [-0.4, -0.2) is 47.6 Å². The van der Waals surface area contributed by atoms with Gasteiger partial charge in [0.2, 0.25) is 0 Å². The highest BCUT2D eigenvalue weighted by atomic mass is 19.3. The number of alkyl halides is 2. The molecule has 150 valence electrons. The van der Waals surface area contributed by atoms with Gasteiger partial charge in [0, 0.05) is 49.9 Å². The average molecular weight is 389 g/mol. The molecule has 1 saturated carbocycles. The number of ether oxygens (including phenoxy) is 1. The first-order chi connectivity index (χ1) is 13.4. The number of piperidine rings is 1. The number of anilines is 1. The Hall–Kier alpha value is -2.70. The Morgan fingerprint density at radius 3 is 2.82 bits per heavy atom. The molecule has 3 rings (SSSR count). The van der Waals surface area contributed by atoms with Crippen molar-refractivity contribution in [2.24, 2.45) is 5.92 Å². The maximum Gasteiger partial charge on any atom is 0.410 e. The molecule has 0 radical (unpaired) electrons. The summed E-state index contributed by atoms with van der Waals surface area (Å²) in [6.07, 6.45) is 6.94. The van der Waals surface area contributed by atoms with Gasteiger partial charge in [-0.1, -0.05) is 25.3 Å². The van der Waals surface area contributed by atoms with Gasteiger partial charge in [-0.3, -0.25) is 4.98 Å². The summed E-state index contributed by atoms with van der Waals surface area (Å²) in [5.74, 6) is -3.83. The van der Waals surface area contributed by atoms with E-state index in [1.54, 1.807) is 30.6 Å². The van der Waals surface area contributed by atoms with Gasteiger partial charge >= 0.3 is 6.09 Å². The summed E-state index contributed by atoms with van der Waals surface area (Å²) in [6, 6.07) is 3.46. The second kappa shape index (κ2) is 8.54. The number of hydrogen-bond donors (Lipinski definition) is 1. The number of likely N-dealkylation sites (tertiary alicyclic amines) is 1. The van der Waals surface area contributed by atoms with Crippen LogP contribution in [0.2, 0.25) is 0 Å². The van der Waals surface area contributed by atoms with E-state index < -0.39 is 24.5 Å². The van der Waals surface area contributed by atoms with Crippen molar-refractivity contribution in [3.63, 3.8) is 0 Å². The van der Waals surface area contributed by atoms with E-state index in [2.05, 4.69) is 23.5 Å². The fourth-order valence-electron chi connectivity index (χ4n) is 3.60. The van der Waals surface area contributed by atoms with Crippen LogP contribution in [0.3, 0.4) is 0 Å². The van der Waals surface area contributed by atoms with Gasteiger partial charge in [0.25, 0.3) is 5.92 Å². The van der Waals surface area contributed by atoms with Gasteiger partial charge in [-0.2, -0.15) is 0 Å². The normalized spacial score (nSPS) is 25.6. The lowest BCUT2D eigenvalue weighted by molar-refractivity contribution is -0.103. The van der Waals surface area contributed by atoms with E-state index in [9.17, 15) is 13.6 Å². The zero-order valence-electron chi connectivity index (χ0n) is 15.7. The van der Waals surface area contributed by atoms with E-state index >= 15 is 0 Å². The fourth-order valence-corrected chi connectivity index (χ4v) is 3.60. The van der Waals surface area contributed by atoms with Crippen molar-refractivity contribution >= 4 is 11.8 Å². The van der Waals surface area contributed by atoms with Crippen LogP contribution in [-0.2, 0) is 4.74 Å². The van der Waals surface area contributed by atoms with Crippen LogP contribution in [0.25, 0.3) is 0 Å². The van der Waals surface area contributed by atoms with E-state index in [0.717, 1.165) is 21.7 Å². The number of nitrogens with zero attached hydrogens (tertiary/aromatic N) is 2. The smallest absolute Gasteiger partial charge is 0.410 e. The molecule has 7 heteroatoms. The van der Waals surface area contributed by atoms with Crippen molar-refractivity contribution in [1.29, 1.82) is 0 Å². The maximum absolute atomic E-state index is 14.6. The predicted molar refractivity (Wildman–Crippen MR) is 104 cm³/mol. The van der Waals surface area contributed by atoms with Crippen molar-refractivity contribution in [2.45, 2.75) is 31.3 Å². The third kappa shape index (κ3) is 4.77. The number of amides is 1. The van der Waals surface area contributed by atoms with Gasteiger partial charge in [-0.15, -0.1) is 0 Å². The number of rotatable bonds is 5. The van der Waals surface area contributed by atoms with Gasteiger partial charge in [0.05, 0.1) is 6.54 Å².